The summed E-state index contributed by atoms with van der Waals surface area (Å²) in [6.07, 6.45) is 1.52. The van der Waals surface area contributed by atoms with Gasteiger partial charge in [0.1, 0.15) is 30.0 Å². The number of carbonyl (C=O) groups excluding carboxylic acids is 2. The van der Waals surface area contributed by atoms with Crippen molar-refractivity contribution in [3.8, 4) is 11.5 Å². The second-order valence-electron chi connectivity index (χ2n) is 14.6. The van der Waals surface area contributed by atoms with Crippen molar-refractivity contribution in [2.75, 3.05) is 50.8 Å². The maximum atomic E-state index is 14.3. The highest BCUT2D eigenvalue weighted by molar-refractivity contribution is 5.97. The molecule has 270 valence electrons. The summed E-state index contributed by atoms with van der Waals surface area (Å²) < 4.78 is 71.6. The molecule has 1 aromatic heterocycles. The Morgan fingerprint density at radius 3 is 2.45 bits per heavy atom. The summed E-state index contributed by atoms with van der Waals surface area (Å²) >= 11 is 0. The van der Waals surface area contributed by atoms with Gasteiger partial charge in [-0.25, -0.2) is 19.2 Å². The Bertz CT molecular complexity index is 1460. The number of nitrogens with one attached hydrogen (secondary N) is 1. The van der Waals surface area contributed by atoms with Crippen molar-refractivity contribution in [1.82, 2.24) is 25.1 Å². The van der Waals surface area contributed by atoms with Crippen molar-refractivity contribution < 1.29 is 41.4 Å². The first-order valence-corrected chi connectivity index (χ1v) is 16.7. The zero-order valence-electron chi connectivity index (χ0n) is 28.7. The van der Waals surface area contributed by atoms with E-state index < -0.39 is 42.2 Å². The molecule has 1 aromatic carbocycles. The molecule has 0 aliphatic carbocycles. The third kappa shape index (κ3) is 9.71. The van der Waals surface area contributed by atoms with E-state index in [-0.39, 0.29) is 34.6 Å². The molecule has 49 heavy (non-hydrogen) atoms. The molecule has 3 saturated heterocycles. The van der Waals surface area contributed by atoms with Crippen LogP contribution in [0.1, 0.15) is 70.7 Å². The minimum Gasteiger partial charge on any atom is -0.451 e. The number of aromatic nitrogens is 2. The highest BCUT2D eigenvalue weighted by Gasteiger charge is 2.46. The zero-order valence-corrected chi connectivity index (χ0v) is 28.7. The first-order chi connectivity index (χ1) is 23.0. The van der Waals surface area contributed by atoms with Gasteiger partial charge in [0.05, 0.1) is 30.5 Å². The average Bonchev–Trinajstić information content (AvgIpc) is 2.99. The van der Waals surface area contributed by atoms with E-state index >= 15 is 0 Å². The van der Waals surface area contributed by atoms with Crippen LogP contribution >= 0.6 is 0 Å². The highest BCUT2D eigenvalue weighted by Crippen LogP contribution is 2.45. The number of benzene rings is 1. The largest absolute Gasteiger partial charge is 0.451 e. The van der Waals surface area contributed by atoms with Gasteiger partial charge in [0.15, 0.2) is 11.6 Å². The summed E-state index contributed by atoms with van der Waals surface area (Å²) in [5.74, 6) is -1.15. The van der Waals surface area contributed by atoms with Gasteiger partial charge >= 0.3 is 12.3 Å². The van der Waals surface area contributed by atoms with E-state index in [4.69, 9.17) is 14.2 Å². The number of nitrogens with zero attached hydrogens (tertiary/aromatic N) is 5. The molecule has 2 atom stereocenters. The van der Waals surface area contributed by atoms with Gasteiger partial charge in [0.2, 0.25) is 0 Å². The topological polar surface area (TPSA) is 109 Å². The van der Waals surface area contributed by atoms with Crippen molar-refractivity contribution in [1.29, 1.82) is 0 Å². The molecule has 4 heterocycles. The Morgan fingerprint density at radius 1 is 1.12 bits per heavy atom. The summed E-state index contributed by atoms with van der Waals surface area (Å²) in [7, 11) is 0. The molecule has 1 N–H and O–H groups in total. The minimum absolute atomic E-state index is 0.0633. The lowest BCUT2D eigenvalue weighted by Crippen LogP contribution is -2.61. The van der Waals surface area contributed by atoms with Crippen LogP contribution in [0.5, 0.6) is 11.5 Å². The van der Waals surface area contributed by atoms with Crippen LogP contribution in [0.25, 0.3) is 0 Å². The number of hydrogen-bond acceptors (Lipinski definition) is 9. The van der Waals surface area contributed by atoms with Crippen molar-refractivity contribution in [2.45, 2.75) is 90.3 Å². The maximum absolute atomic E-state index is 14.3. The van der Waals surface area contributed by atoms with Crippen molar-refractivity contribution in [3.63, 3.8) is 0 Å². The zero-order chi connectivity index (χ0) is 35.6. The molecule has 3 aliphatic rings. The fourth-order valence-corrected chi connectivity index (χ4v) is 6.60. The maximum Gasteiger partial charge on any atom is 0.407 e. The Morgan fingerprint density at radius 2 is 1.84 bits per heavy atom. The Labute approximate surface area is 284 Å². The Balaban J connectivity index is 1.15. The predicted octanol–water partition coefficient (Wildman–Crippen LogP) is 5.80. The van der Waals surface area contributed by atoms with Gasteiger partial charge in [0, 0.05) is 31.1 Å². The third-order valence-corrected chi connectivity index (χ3v) is 9.11. The number of alkyl halides is 3. The summed E-state index contributed by atoms with van der Waals surface area (Å²) in [6.45, 7) is 11.5. The molecule has 11 nitrogen and oxygen atoms in total. The monoisotopic (exact) mass is 694 g/mol. The number of hydrogen-bond donors (Lipinski definition) is 1. The number of halogens is 4. The van der Waals surface area contributed by atoms with E-state index in [1.807, 2.05) is 20.8 Å². The molecule has 0 bridgehead atoms. The van der Waals surface area contributed by atoms with Gasteiger partial charge in [-0.1, -0.05) is 0 Å². The van der Waals surface area contributed by atoms with E-state index in [1.54, 1.807) is 0 Å². The van der Waals surface area contributed by atoms with E-state index in [0.29, 0.717) is 17.3 Å². The van der Waals surface area contributed by atoms with E-state index in [2.05, 4.69) is 25.1 Å². The molecular weight excluding hydrogens is 648 g/mol. The van der Waals surface area contributed by atoms with E-state index in [0.717, 1.165) is 70.5 Å². The van der Waals surface area contributed by atoms with Gasteiger partial charge in [-0.2, -0.15) is 13.2 Å². The number of ether oxygens (including phenoxy) is 3. The lowest BCUT2D eigenvalue weighted by molar-refractivity contribution is -0.143. The third-order valence-electron chi connectivity index (χ3n) is 9.11. The van der Waals surface area contributed by atoms with Crippen molar-refractivity contribution in [3.05, 3.63) is 42.1 Å². The summed E-state index contributed by atoms with van der Waals surface area (Å²) in [6, 6.07) is 2.35. The smallest absolute Gasteiger partial charge is 0.407 e. The number of alkyl carbamates (subject to hydrolysis) is 1. The number of carbonyl (C=O) groups is 2. The molecule has 2 aromatic rings. The number of piperidine rings is 1. The number of anilines is 1. The van der Waals surface area contributed by atoms with Gasteiger partial charge in [-0.15, -0.1) is 0 Å². The first-order valence-electron chi connectivity index (χ1n) is 16.7. The van der Waals surface area contributed by atoms with E-state index in [9.17, 15) is 27.2 Å². The quantitative estimate of drug-likeness (QED) is 0.326. The summed E-state index contributed by atoms with van der Waals surface area (Å²) in [5, 5.41) is 2.89. The number of rotatable bonds is 9. The fourth-order valence-electron chi connectivity index (χ4n) is 6.60. The van der Waals surface area contributed by atoms with Crippen LogP contribution in [-0.2, 0) is 9.47 Å². The van der Waals surface area contributed by atoms with Crippen LogP contribution < -0.4 is 15.0 Å². The number of amides is 2. The van der Waals surface area contributed by atoms with Gasteiger partial charge in [-0.3, -0.25) is 4.79 Å². The summed E-state index contributed by atoms with van der Waals surface area (Å²) in [4.78, 5) is 39.0. The van der Waals surface area contributed by atoms with Crippen LogP contribution in [0.4, 0.5) is 28.2 Å². The summed E-state index contributed by atoms with van der Waals surface area (Å²) in [5.41, 5.74) is -0.773. The number of likely N-dealkylation sites (tertiary alicyclic amines) is 1. The van der Waals surface area contributed by atoms with Crippen LogP contribution in [0.2, 0.25) is 0 Å². The lowest BCUT2D eigenvalue weighted by Gasteiger charge is -2.54. The highest BCUT2D eigenvalue weighted by atomic mass is 19.4. The molecule has 0 radical (unpaired) electrons. The van der Waals surface area contributed by atoms with Crippen molar-refractivity contribution in [2.24, 2.45) is 5.41 Å². The van der Waals surface area contributed by atoms with Crippen LogP contribution in [0.3, 0.4) is 0 Å². The Kier molecular flexibility index (Phi) is 10.9. The normalized spacial score (nSPS) is 21.3. The van der Waals surface area contributed by atoms with Crippen molar-refractivity contribution >= 4 is 17.8 Å². The second kappa shape index (κ2) is 14.6. The average molecular weight is 695 g/mol. The molecule has 15 heteroatoms. The van der Waals surface area contributed by atoms with E-state index in [1.165, 1.54) is 32.4 Å². The fraction of sp³-hybridized carbons (Fsp3) is 0.647. The SMILES string of the molecule is CC(C)N(CC(F)(F)F)C(=O)c1cc(F)ccc1Oc1cncnc1N1CC2(CCN(C[C@@H]3CC[C@@H](NC(=O)OC(C)(C)C)CO3)CC2)C1. The predicted molar refractivity (Wildman–Crippen MR) is 173 cm³/mol. The molecule has 2 amide bonds. The Hall–Kier alpha value is -3.72. The first kappa shape index (κ1) is 36.6. The van der Waals surface area contributed by atoms with Crippen LogP contribution in [-0.4, -0.2) is 108 Å². The van der Waals surface area contributed by atoms with Gasteiger partial charge < -0.3 is 34.2 Å². The molecule has 3 aliphatic heterocycles. The molecule has 1 spiro atoms. The molecule has 0 saturated carbocycles. The van der Waals surface area contributed by atoms with Crippen LogP contribution in [0.15, 0.2) is 30.7 Å². The molecule has 3 fully saturated rings. The molecular formula is C34H46F4N6O5. The van der Waals surface area contributed by atoms with Gasteiger partial charge in [-0.05, 0) is 91.6 Å². The molecule has 0 unspecified atom stereocenters. The second-order valence-corrected chi connectivity index (χ2v) is 14.6. The lowest BCUT2D eigenvalue weighted by atomic mass is 9.72. The van der Waals surface area contributed by atoms with Crippen LogP contribution in [0, 0.1) is 11.2 Å². The molecule has 5 rings (SSSR count). The standard InChI is InChI=1S/C34H46F4N6O5/c1-22(2)44(20-34(36,37)38)30(45)26-14-23(35)6-9-27(26)48-28-15-39-21-40-29(28)43-18-33(19-43)10-12-42(13-11-33)16-25-8-7-24(17-47-25)41-31(46)49-32(3,4)5/h6,9,14-15,21-22,24-25H,7-8,10-13,16-20H2,1-5H3,(H,41,46)/t24-,25+/m1/s1. The minimum atomic E-state index is -4.63. The van der Waals surface area contributed by atoms with Gasteiger partial charge in [0.25, 0.3) is 5.91 Å².